The average Bonchev–Trinajstić information content (AvgIpc) is 2.28. The molecule has 0 bridgehead atoms. The Labute approximate surface area is 99.6 Å². The Kier molecular flexibility index (Phi) is 4.80. The molecular weight excluding hydrogens is 220 g/mol. The third-order valence-corrected chi connectivity index (χ3v) is 2.06. The number of nitrogens with two attached hydrogens (primary N) is 1. The van der Waals surface area contributed by atoms with Gasteiger partial charge in [-0.15, -0.1) is 0 Å². The van der Waals surface area contributed by atoms with Crippen LogP contribution in [0.1, 0.15) is 6.42 Å². The monoisotopic (exact) mass is 236 g/mol. The van der Waals surface area contributed by atoms with Crippen molar-refractivity contribution in [3.8, 4) is 0 Å². The van der Waals surface area contributed by atoms with E-state index in [9.17, 15) is 9.59 Å². The Hall–Kier alpha value is -2.24. The highest BCUT2D eigenvalue weighted by molar-refractivity contribution is 5.90. The van der Waals surface area contributed by atoms with E-state index < -0.39 is 0 Å². The van der Waals surface area contributed by atoms with Gasteiger partial charge in [0.25, 0.3) is 0 Å². The molecule has 0 aliphatic heterocycles. The van der Waals surface area contributed by atoms with Crippen molar-refractivity contribution in [2.45, 2.75) is 6.42 Å². The third-order valence-electron chi connectivity index (χ3n) is 2.06. The van der Waals surface area contributed by atoms with Gasteiger partial charge in [0, 0.05) is 31.4 Å². The van der Waals surface area contributed by atoms with Crippen molar-refractivity contribution in [1.82, 2.24) is 10.6 Å². The quantitative estimate of drug-likeness (QED) is 0.574. The number of amides is 3. The summed E-state index contributed by atoms with van der Waals surface area (Å²) in [6, 6.07) is 6.50. The highest BCUT2D eigenvalue weighted by atomic mass is 16.2. The lowest BCUT2D eigenvalue weighted by Gasteiger charge is -2.07. The predicted molar refractivity (Wildman–Crippen MR) is 66.6 cm³/mol. The summed E-state index contributed by atoms with van der Waals surface area (Å²) in [5.41, 5.74) is 6.76. The SMILES string of the molecule is CNC(=O)CCNC(=O)Nc1cccc(N)c1. The highest BCUT2D eigenvalue weighted by Crippen LogP contribution is 2.11. The number of nitrogen functional groups attached to an aromatic ring is 1. The van der Waals surface area contributed by atoms with Crippen LogP contribution >= 0.6 is 0 Å². The summed E-state index contributed by atoms with van der Waals surface area (Å²) in [5.74, 6) is -0.116. The highest BCUT2D eigenvalue weighted by Gasteiger charge is 2.02. The van der Waals surface area contributed by atoms with Crippen LogP contribution in [-0.4, -0.2) is 25.5 Å². The van der Waals surface area contributed by atoms with E-state index >= 15 is 0 Å². The summed E-state index contributed by atoms with van der Waals surface area (Å²) in [5, 5.41) is 7.65. The van der Waals surface area contributed by atoms with Gasteiger partial charge in [0.2, 0.25) is 5.91 Å². The van der Waals surface area contributed by atoms with Gasteiger partial charge in [-0.05, 0) is 18.2 Å². The minimum atomic E-state index is -0.362. The lowest BCUT2D eigenvalue weighted by Crippen LogP contribution is -2.32. The van der Waals surface area contributed by atoms with Crippen molar-refractivity contribution >= 4 is 23.3 Å². The Morgan fingerprint density at radius 1 is 1.35 bits per heavy atom. The topological polar surface area (TPSA) is 96.2 Å². The minimum Gasteiger partial charge on any atom is -0.399 e. The van der Waals surface area contributed by atoms with E-state index in [4.69, 9.17) is 5.73 Å². The molecule has 0 saturated carbocycles. The molecule has 1 aromatic carbocycles. The molecule has 1 rings (SSSR count). The number of anilines is 2. The number of rotatable bonds is 4. The smallest absolute Gasteiger partial charge is 0.319 e. The van der Waals surface area contributed by atoms with E-state index in [1.807, 2.05) is 0 Å². The number of carbonyl (C=O) groups excluding carboxylic acids is 2. The first-order valence-corrected chi connectivity index (χ1v) is 5.23. The van der Waals surface area contributed by atoms with E-state index in [1.54, 1.807) is 31.3 Å². The van der Waals surface area contributed by atoms with Gasteiger partial charge in [0.05, 0.1) is 0 Å². The predicted octanol–water partition coefficient (Wildman–Crippen LogP) is 0.526. The van der Waals surface area contributed by atoms with Gasteiger partial charge in [-0.25, -0.2) is 4.79 Å². The minimum absolute atomic E-state index is 0.116. The summed E-state index contributed by atoms with van der Waals surface area (Å²) >= 11 is 0. The fourth-order valence-corrected chi connectivity index (χ4v) is 1.21. The Morgan fingerprint density at radius 3 is 2.76 bits per heavy atom. The first-order chi connectivity index (χ1) is 8.11. The maximum atomic E-state index is 11.4. The van der Waals surface area contributed by atoms with Gasteiger partial charge in [-0.1, -0.05) is 6.07 Å². The molecule has 0 aliphatic carbocycles. The lowest BCUT2D eigenvalue weighted by molar-refractivity contribution is -0.120. The van der Waals surface area contributed by atoms with Crippen molar-refractivity contribution in [2.24, 2.45) is 0 Å². The summed E-state index contributed by atoms with van der Waals surface area (Å²) < 4.78 is 0. The van der Waals surface area contributed by atoms with Gasteiger partial charge in [-0.3, -0.25) is 4.79 Å². The standard InChI is InChI=1S/C11H16N4O2/c1-13-10(16)5-6-14-11(17)15-9-4-2-3-8(12)7-9/h2-4,7H,5-6,12H2,1H3,(H,13,16)(H2,14,15,17). The summed E-state index contributed by atoms with van der Waals surface area (Å²) in [6.45, 7) is 0.286. The van der Waals surface area contributed by atoms with Crippen molar-refractivity contribution < 1.29 is 9.59 Å². The first-order valence-electron chi connectivity index (χ1n) is 5.23. The Morgan fingerprint density at radius 2 is 2.12 bits per heavy atom. The van der Waals surface area contributed by atoms with Crippen molar-refractivity contribution in [3.63, 3.8) is 0 Å². The van der Waals surface area contributed by atoms with Crippen molar-refractivity contribution in [1.29, 1.82) is 0 Å². The van der Waals surface area contributed by atoms with E-state index in [-0.39, 0.29) is 24.9 Å². The second-order valence-corrected chi connectivity index (χ2v) is 3.43. The van der Waals surface area contributed by atoms with Crippen LogP contribution in [0.4, 0.5) is 16.2 Å². The molecule has 0 fully saturated rings. The molecule has 17 heavy (non-hydrogen) atoms. The van der Waals surface area contributed by atoms with Gasteiger partial charge in [0.1, 0.15) is 0 Å². The molecule has 1 aromatic rings. The molecule has 0 heterocycles. The Bertz CT molecular complexity index is 406. The van der Waals surface area contributed by atoms with E-state index in [0.29, 0.717) is 11.4 Å². The van der Waals surface area contributed by atoms with Gasteiger partial charge in [-0.2, -0.15) is 0 Å². The zero-order chi connectivity index (χ0) is 12.7. The molecule has 92 valence electrons. The van der Waals surface area contributed by atoms with E-state index in [2.05, 4.69) is 16.0 Å². The molecular formula is C11H16N4O2. The second-order valence-electron chi connectivity index (χ2n) is 3.43. The zero-order valence-electron chi connectivity index (χ0n) is 9.62. The number of nitrogens with one attached hydrogen (secondary N) is 3. The molecule has 0 atom stereocenters. The molecule has 0 aromatic heterocycles. The normalized spacial score (nSPS) is 9.47. The van der Waals surface area contributed by atoms with Crippen LogP contribution in [0.25, 0.3) is 0 Å². The Balaban J connectivity index is 2.32. The number of carbonyl (C=O) groups is 2. The van der Waals surface area contributed by atoms with Crippen molar-refractivity contribution in [3.05, 3.63) is 24.3 Å². The van der Waals surface area contributed by atoms with Crippen LogP contribution in [0.15, 0.2) is 24.3 Å². The van der Waals surface area contributed by atoms with E-state index in [1.165, 1.54) is 0 Å². The molecule has 0 aliphatic rings. The fraction of sp³-hybridized carbons (Fsp3) is 0.273. The van der Waals surface area contributed by atoms with Crippen LogP contribution in [0, 0.1) is 0 Å². The van der Waals surface area contributed by atoms with Crippen molar-refractivity contribution in [2.75, 3.05) is 24.6 Å². The molecule has 0 spiro atoms. The molecule has 6 heteroatoms. The van der Waals surface area contributed by atoms with Crippen LogP contribution in [0.5, 0.6) is 0 Å². The average molecular weight is 236 g/mol. The number of hydrogen-bond acceptors (Lipinski definition) is 3. The zero-order valence-corrected chi connectivity index (χ0v) is 9.62. The molecule has 6 nitrogen and oxygen atoms in total. The van der Waals surface area contributed by atoms with Crippen LogP contribution in [-0.2, 0) is 4.79 Å². The van der Waals surface area contributed by atoms with Crippen LogP contribution in [0.2, 0.25) is 0 Å². The molecule has 3 amide bonds. The summed E-state index contributed by atoms with van der Waals surface area (Å²) in [4.78, 5) is 22.3. The maximum absolute atomic E-state index is 11.4. The van der Waals surface area contributed by atoms with Gasteiger partial charge in [0.15, 0.2) is 0 Å². The van der Waals surface area contributed by atoms with Crippen LogP contribution in [0.3, 0.4) is 0 Å². The molecule has 0 saturated heterocycles. The fourth-order valence-electron chi connectivity index (χ4n) is 1.21. The summed E-state index contributed by atoms with van der Waals surface area (Å²) in [7, 11) is 1.55. The lowest BCUT2D eigenvalue weighted by atomic mass is 10.3. The second kappa shape index (κ2) is 6.37. The largest absolute Gasteiger partial charge is 0.399 e. The number of urea groups is 1. The first kappa shape index (κ1) is 12.8. The number of hydrogen-bond donors (Lipinski definition) is 4. The molecule has 0 unspecified atom stereocenters. The molecule has 0 radical (unpaired) electrons. The third kappa shape index (κ3) is 4.87. The van der Waals surface area contributed by atoms with Gasteiger partial charge >= 0.3 is 6.03 Å². The number of benzene rings is 1. The summed E-state index contributed by atoms with van der Waals surface area (Å²) in [6.07, 6.45) is 0.251. The van der Waals surface area contributed by atoms with E-state index in [0.717, 1.165) is 0 Å². The van der Waals surface area contributed by atoms with Crippen LogP contribution < -0.4 is 21.7 Å². The maximum Gasteiger partial charge on any atom is 0.319 e. The van der Waals surface area contributed by atoms with Gasteiger partial charge < -0.3 is 21.7 Å². The molecule has 5 N–H and O–H groups in total.